The minimum absolute atomic E-state index is 0.300. The maximum atomic E-state index is 6.20. The smallest absolute Gasteiger partial charge is 0.149 e. The number of nitrogens with zero attached hydrogens (tertiary/aromatic N) is 1. The molecule has 0 aliphatic rings. The molecule has 1 aromatic heterocycles. The second-order valence-corrected chi connectivity index (χ2v) is 8.45. The Kier molecular flexibility index (Phi) is 8.96. The lowest BCUT2D eigenvalue weighted by atomic mass is 10.1. The Morgan fingerprint density at radius 1 is 0.730 bits per heavy atom. The first kappa shape index (κ1) is 26.0. The molecule has 0 aliphatic heterocycles. The van der Waals surface area contributed by atoms with Crippen LogP contribution in [0.4, 0.5) is 0 Å². The van der Waals surface area contributed by atoms with Gasteiger partial charge in [-0.15, -0.1) is 0 Å². The average molecular weight is 500 g/mol. The first-order valence-corrected chi connectivity index (χ1v) is 12.3. The Balaban J connectivity index is 1.57. The Morgan fingerprint density at radius 3 is 1.97 bits per heavy atom. The largest absolute Gasteiger partial charge is 0.497 e. The molecule has 6 nitrogen and oxygen atoms in total. The number of methoxy groups -OCH3 is 2. The van der Waals surface area contributed by atoms with Gasteiger partial charge in [-0.1, -0.05) is 23.5 Å². The van der Waals surface area contributed by atoms with Gasteiger partial charge in [-0.2, -0.15) is 0 Å². The number of ether oxygens (including phenoxy) is 5. The fourth-order valence-electron chi connectivity index (χ4n) is 4.10. The third-order valence-electron chi connectivity index (χ3n) is 6.06. The fourth-order valence-corrected chi connectivity index (χ4v) is 4.10. The van der Waals surface area contributed by atoms with E-state index in [2.05, 4.69) is 41.5 Å². The van der Waals surface area contributed by atoms with Gasteiger partial charge in [0.2, 0.25) is 0 Å². The average Bonchev–Trinajstić information content (AvgIpc) is 3.22. The van der Waals surface area contributed by atoms with Crippen LogP contribution in [-0.2, 0) is 24.5 Å². The number of aryl methyl sites for hydroxylation is 1. The molecule has 192 valence electrons. The minimum Gasteiger partial charge on any atom is -0.497 e. The van der Waals surface area contributed by atoms with Crippen LogP contribution >= 0.6 is 0 Å². The first-order chi connectivity index (χ1) is 18.1. The molecular formula is C31H33NO5. The first-order valence-electron chi connectivity index (χ1n) is 12.3. The molecular weight excluding hydrogens is 466 g/mol. The van der Waals surface area contributed by atoms with E-state index in [9.17, 15) is 0 Å². The van der Waals surface area contributed by atoms with Gasteiger partial charge in [0.05, 0.1) is 33.1 Å². The molecule has 0 radical (unpaired) electrons. The molecule has 3 aromatic carbocycles. The van der Waals surface area contributed by atoms with Crippen LogP contribution in [0.15, 0.2) is 66.7 Å². The van der Waals surface area contributed by atoms with Crippen LogP contribution in [0, 0.1) is 18.8 Å². The summed E-state index contributed by atoms with van der Waals surface area (Å²) in [7, 11) is 3.29. The van der Waals surface area contributed by atoms with E-state index in [0.29, 0.717) is 33.0 Å². The van der Waals surface area contributed by atoms with E-state index < -0.39 is 0 Å². The molecule has 0 atom stereocenters. The third kappa shape index (κ3) is 6.58. The second-order valence-electron chi connectivity index (χ2n) is 8.45. The Morgan fingerprint density at radius 2 is 1.35 bits per heavy atom. The lowest BCUT2D eigenvalue weighted by Crippen LogP contribution is -2.08. The van der Waals surface area contributed by atoms with Crippen LogP contribution in [0.1, 0.15) is 23.7 Å². The molecule has 0 aliphatic carbocycles. The zero-order chi connectivity index (χ0) is 26.0. The summed E-state index contributed by atoms with van der Waals surface area (Å²) >= 11 is 0. The molecule has 0 amide bonds. The van der Waals surface area contributed by atoms with Gasteiger partial charge in [-0.05, 0) is 74.5 Å². The van der Waals surface area contributed by atoms with Gasteiger partial charge in [0.15, 0.2) is 0 Å². The molecule has 0 unspecified atom stereocenters. The van der Waals surface area contributed by atoms with Crippen LogP contribution in [0.5, 0.6) is 23.0 Å². The van der Waals surface area contributed by atoms with Gasteiger partial charge in [-0.25, -0.2) is 0 Å². The highest BCUT2D eigenvalue weighted by Gasteiger charge is 2.18. The molecule has 6 heteroatoms. The summed E-state index contributed by atoms with van der Waals surface area (Å²) in [6, 6.07) is 21.6. The zero-order valence-electron chi connectivity index (χ0n) is 21.9. The van der Waals surface area contributed by atoms with Crippen molar-refractivity contribution in [1.29, 1.82) is 0 Å². The summed E-state index contributed by atoms with van der Waals surface area (Å²) in [5.41, 5.74) is 4.49. The maximum absolute atomic E-state index is 6.20. The van der Waals surface area contributed by atoms with Crippen molar-refractivity contribution in [2.75, 3.05) is 27.4 Å². The van der Waals surface area contributed by atoms with E-state index in [1.807, 2.05) is 55.5 Å². The van der Waals surface area contributed by atoms with Gasteiger partial charge >= 0.3 is 0 Å². The zero-order valence-corrected chi connectivity index (χ0v) is 21.9. The number of fused-ring (bicyclic) bond motifs is 1. The van der Waals surface area contributed by atoms with Crippen molar-refractivity contribution < 1.29 is 23.7 Å². The minimum atomic E-state index is 0.300. The topological polar surface area (TPSA) is 51.1 Å². The lowest BCUT2D eigenvalue weighted by Gasteiger charge is -2.12. The van der Waals surface area contributed by atoms with Crippen LogP contribution < -0.4 is 18.9 Å². The summed E-state index contributed by atoms with van der Waals surface area (Å²) in [6.45, 7) is 6.47. The van der Waals surface area contributed by atoms with Crippen LogP contribution in [0.25, 0.3) is 10.9 Å². The van der Waals surface area contributed by atoms with Crippen molar-refractivity contribution in [2.45, 2.75) is 33.6 Å². The SMILES string of the molecule is CCOCc1c(COc2ccc(OC)cc2)n(CC#CCOc2ccc(OC)cc2)c2ccc(C)cc12. The van der Waals surface area contributed by atoms with Crippen molar-refractivity contribution in [2.24, 2.45) is 0 Å². The standard InChI is InChI=1S/C31H33NO5/c1-5-35-21-29-28-20-23(2)8-17-30(28)32(31(29)22-37-27-15-11-25(34-4)12-16-27)18-6-7-19-36-26-13-9-24(33-3)10-14-26/h8-17,20H,5,18-19,21-22H2,1-4H3. The van der Waals surface area contributed by atoms with Gasteiger partial charge in [0.25, 0.3) is 0 Å². The van der Waals surface area contributed by atoms with E-state index in [4.69, 9.17) is 23.7 Å². The fraction of sp³-hybridized carbons (Fsp3) is 0.290. The van der Waals surface area contributed by atoms with E-state index >= 15 is 0 Å². The summed E-state index contributed by atoms with van der Waals surface area (Å²) in [5.74, 6) is 9.53. The van der Waals surface area contributed by atoms with Gasteiger partial charge in [-0.3, -0.25) is 0 Å². The molecule has 1 heterocycles. The van der Waals surface area contributed by atoms with E-state index in [-0.39, 0.29) is 0 Å². The molecule has 4 rings (SSSR count). The van der Waals surface area contributed by atoms with Crippen LogP contribution in [0.2, 0.25) is 0 Å². The number of rotatable bonds is 11. The number of hydrogen-bond acceptors (Lipinski definition) is 5. The summed E-state index contributed by atoms with van der Waals surface area (Å²) in [5, 5.41) is 1.16. The highest BCUT2D eigenvalue weighted by atomic mass is 16.5. The molecule has 0 spiro atoms. The molecule has 37 heavy (non-hydrogen) atoms. The highest BCUT2D eigenvalue weighted by molar-refractivity contribution is 5.86. The molecule has 0 fully saturated rings. The number of aromatic nitrogens is 1. The van der Waals surface area contributed by atoms with Crippen molar-refractivity contribution >= 4 is 10.9 Å². The van der Waals surface area contributed by atoms with Gasteiger partial charge in [0, 0.05) is 23.1 Å². The Labute approximate surface area is 218 Å². The molecule has 0 bridgehead atoms. The Bertz CT molecular complexity index is 1360. The quantitative estimate of drug-likeness (QED) is 0.231. The number of benzene rings is 3. The summed E-state index contributed by atoms with van der Waals surface area (Å²) < 4.78 is 30.5. The van der Waals surface area contributed by atoms with E-state index in [1.165, 1.54) is 5.56 Å². The van der Waals surface area contributed by atoms with Crippen LogP contribution in [0.3, 0.4) is 0 Å². The van der Waals surface area contributed by atoms with Crippen molar-refractivity contribution in [3.8, 4) is 34.8 Å². The summed E-state index contributed by atoms with van der Waals surface area (Å²) in [4.78, 5) is 0. The van der Waals surface area contributed by atoms with E-state index in [0.717, 1.165) is 45.2 Å². The summed E-state index contributed by atoms with van der Waals surface area (Å²) in [6.07, 6.45) is 0. The normalized spacial score (nSPS) is 10.6. The number of hydrogen-bond donors (Lipinski definition) is 0. The monoisotopic (exact) mass is 499 g/mol. The molecule has 4 aromatic rings. The lowest BCUT2D eigenvalue weighted by molar-refractivity contribution is 0.133. The van der Waals surface area contributed by atoms with Gasteiger partial charge < -0.3 is 28.3 Å². The van der Waals surface area contributed by atoms with Gasteiger partial charge in [0.1, 0.15) is 36.2 Å². The van der Waals surface area contributed by atoms with Crippen molar-refractivity contribution in [1.82, 2.24) is 4.57 Å². The Hall–Kier alpha value is -4.08. The van der Waals surface area contributed by atoms with E-state index in [1.54, 1.807) is 14.2 Å². The van der Waals surface area contributed by atoms with Crippen molar-refractivity contribution in [3.63, 3.8) is 0 Å². The third-order valence-corrected chi connectivity index (χ3v) is 6.06. The predicted molar refractivity (Wildman–Crippen MR) is 146 cm³/mol. The second kappa shape index (κ2) is 12.8. The predicted octanol–water partition coefficient (Wildman–Crippen LogP) is 6.16. The van der Waals surface area contributed by atoms with Crippen molar-refractivity contribution in [3.05, 3.63) is 83.6 Å². The molecule has 0 saturated carbocycles. The maximum Gasteiger partial charge on any atom is 0.149 e. The molecule has 0 N–H and O–H groups in total. The molecule has 0 saturated heterocycles. The van der Waals surface area contributed by atoms with Crippen LogP contribution in [-0.4, -0.2) is 32.0 Å². The highest BCUT2D eigenvalue weighted by Crippen LogP contribution is 2.30.